The van der Waals surface area contributed by atoms with Crippen molar-refractivity contribution in [2.24, 2.45) is 11.5 Å². The number of halogens is 1. The number of benzene rings is 2. The van der Waals surface area contributed by atoms with Crippen molar-refractivity contribution >= 4 is 46.0 Å². The summed E-state index contributed by atoms with van der Waals surface area (Å²) in [5.74, 6) is -0.152. The Kier molecular flexibility index (Phi) is 14.6. The van der Waals surface area contributed by atoms with E-state index in [1.807, 2.05) is 48.8 Å². The molecule has 234 valence electrons. The normalized spacial score (nSPS) is 12.6. The van der Waals surface area contributed by atoms with Crippen LogP contribution in [0.15, 0.2) is 60.9 Å². The fourth-order valence-corrected chi connectivity index (χ4v) is 5.61. The zero-order valence-electron chi connectivity index (χ0n) is 25.2. The molecule has 2 amide bonds. The summed E-state index contributed by atoms with van der Waals surface area (Å²) in [6.45, 7) is 1.37. The largest absolute Gasteiger partial charge is 0.361 e. The van der Waals surface area contributed by atoms with Gasteiger partial charge in [-0.25, -0.2) is 0 Å². The fourth-order valence-electron chi connectivity index (χ4n) is 5.61. The molecule has 2 aromatic carbocycles. The quantitative estimate of drug-likeness (QED) is 0.0765. The van der Waals surface area contributed by atoms with Crippen LogP contribution in [0.2, 0.25) is 0 Å². The van der Waals surface area contributed by atoms with Gasteiger partial charge < -0.3 is 32.1 Å². The minimum atomic E-state index is -0.533. The Bertz CT molecular complexity index is 1290. The number of hydrogen-bond donors (Lipinski definition) is 6. The topological polar surface area (TPSA) is 142 Å². The van der Waals surface area contributed by atoms with Crippen molar-refractivity contribution in [2.45, 2.75) is 89.1 Å². The lowest BCUT2D eigenvalue weighted by atomic mass is 10.0. The minimum absolute atomic E-state index is 0. The van der Waals surface area contributed by atoms with E-state index in [2.05, 4.69) is 32.7 Å². The van der Waals surface area contributed by atoms with Gasteiger partial charge >= 0.3 is 0 Å². The third kappa shape index (κ3) is 10.7. The molecule has 8 N–H and O–H groups in total. The van der Waals surface area contributed by atoms with E-state index in [0.29, 0.717) is 25.9 Å². The molecule has 43 heavy (non-hydrogen) atoms. The summed E-state index contributed by atoms with van der Waals surface area (Å²) in [6, 6.07) is 15.1. The molecule has 0 aliphatic rings. The minimum Gasteiger partial charge on any atom is -0.361 e. The van der Waals surface area contributed by atoms with Gasteiger partial charge in [0.25, 0.3) is 0 Å². The van der Waals surface area contributed by atoms with Crippen LogP contribution in [0.1, 0.15) is 75.3 Å². The zero-order valence-corrected chi connectivity index (χ0v) is 26.0. The van der Waals surface area contributed by atoms with Gasteiger partial charge in [0.2, 0.25) is 11.8 Å². The number of hydrogen-bond acceptors (Lipinski definition) is 4. The van der Waals surface area contributed by atoms with E-state index in [1.165, 1.54) is 38.5 Å². The molecule has 0 aliphatic heterocycles. The van der Waals surface area contributed by atoms with Crippen molar-refractivity contribution in [3.05, 3.63) is 72.1 Å². The number of nitrogens with one attached hydrogen (secondary N) is 4. The van der Waals surface area contributed by atoms with Crippen molar-refractivity contribution in [3.63, 3.8) is 0 Å². The molecule has 2 heterocycles. The molecule has 0 bridgehead atoms. The van der Waals surface area contributed by atoms with E-state index < -0.39 is 12.1 Å². The van der Waals surface area contributed by atoms with Crippen molar-refractivity contribution < 1.29 is 9.59 Å². The Hall–Kier alpha value is -3.33. The first-order chi connectivity index (χ1) is 20.5. The summed E-state index contributed by atoms with van der Waals surface area (Å²) in [4.78, 5) is 31.3. The number of nitrogens with two attached hydrogens (primary N) is 2. The van der Waals surface area contributed by atoms with Crippen LogP contribution in [0.3, 0.4) is 0 Å². The third-order valence-electron chi connectivity index (χ3n) is 8.11. The predicted octanol–water partition coefficient (Wildman–Crippen LogP) is 5.64. The average Bonchev–Trinajstić information content (AvgIpc) is 3.61. The Morgan fingerprint density at radius 1 is 0.581 bits per heavy atom. The smallest absolute Gasteiger partial charge is 0.237 e. The molecule has 9 heteroatoms. The number of aromatic nitrogens is 2. The predicted molar refractivity (Wildman–Crippen MR) is 179 cm³/mol. The molecule has 2 atom stereocenters. The highest BCUT2D eigenvalue weighted by molar-refractivity contribution is 5.87. The Morgan fingerprint density at radius 2 is 0.930 bits per heavy atom. The van der Waals surface area contributed by atoms with Crippen molar-refractivity contribution in [1.29, 1.82) is 0 Å². The molecular formula is C34H49ClN6O2. The third-order valence-corrected chi connectivity index (χ3v) is 8.11. The maximum atomic E-state index is 12.4. The SMILES string of the molecule is Cl.NC(Cc1c[nH]c2ccccc12)C(=O)NCCCCCCCCCCCCNC(=O)C(N)Cc1c[nH]c2ccccc12. The highest BCUT2D eigenvalue weighted by atomic mass is 35.5. The van der Waals surface area contributed by atoms with Gasteiger partial charge in [-0.1, -0.05) is 87.8 Å². The highest BCUT2D eigenvalue weighted by Gasteiger charge is 2.16. The molecule has 2 aromatic heterocycles. The van der Waals surface area contributed by atoms with Crippen LogP contribution in [0, 0.1) is 0 Å². The lowest BCUT2D eigenvalue weighted by molar-refractivity contribution is -0.123. The highest BCUT2D eigenvalue weighted by Crippen LogP contribution is 2.20. The van der Waals surface area contributed by atoms with Gasteiger partial charge in [0.15, 0.2) is 0 Å². The zero-order chi connectivity index (χ0) is 29.6. The number of aromatic amines is 2. The van der Waals surface area contributed by atoms with E-state index in [0.717, 1.165) is 58.6 Å². The van der Waals surface area contributed by atoms with Crippen LogP contribution < -0.4 is 22.1 Å². The summed E-state index contributed by atoms with van der Waals surface area (Å²) >= 11 is 0. The van der Waals surface area contributed by atoms with Gasteiger partial charge in [-0.05, 0) is 48.9 Å². The molecule has 0 fully saturated rings. The summed E-state index contributed by atoms with van der Waals surface area (Å²) in [5.41, 5.74) is 16.6. The molecule has 4 aromatic rings. The number of amides is 2. The molecule has 0 spiro atoms. The molecule has 0 aliphatic carbocycles. The maximum absolute atomic E-state index is 12.4. The molecule has 0 saturated carbocycles. The lowest BCUT2D eigenvalue weighted by Gasteiger charge is -2.12. The molecule has 2 unspecified atom stereocenters. The second-order valence-electron chi connectivity index (χ2n) is 11.5. The first-order valence-electron chi connectivity index (χ1n) is 15.7. The van der Waals surface area contributed by atoms with Crippen LogP contribution >= 0.6 is 12.4 Å². The number of rotatable bonds is 19. The van der Waals surface area contributed by atoms with Gasteiger partial charge in [-0.3, -0.25) is 9.59 Å². The average molecular weight is 609 g/mol. The molecule has 0 saturated heterocycles. The standard InChI is InChI=1S/C34H48N6O2.ClH/c35-29(21-25-23-39-31-17-11-9-15-27(25)31)33(41)37-19-13-7-5-3-1-2-4-6-8-14-20-38-34(42)30(36)22-26-24-40-32-18-12-10-16-28(26)32;/h9-12,15-18,23-24,29-30,39-40H,1-8,13-14,19-22,35-36H2,(H,37,41)(H,38,42);1H. The van der Waals surface area contributed by atoms with E-state index in [-0.39, 0.29) is 24.2 Å². The summed E-state index contributed by atoms with van der Waals surface area (Å²) < 4.78 is 0. The number of unbranched alkanes of at least 4 members (excludes halogenated alkanes) is 9. The monoisotopic (exact) mass is 608 g/mol. The number of para-hydroxylation sites is 2. The Morgan fingerprint density at radius 3 is 1.33 bits per heavy atom. The van der Waals surface area contributed by atoms with Crippen molar-refractivity contribution in [3.8, 4) is 0 Å². The van der Waals surface area contributed by atoms with E-state index >= 15 is 0 Å². The van der Waals surface area contributed by atoms with E-state index in [9.17, 15) is 9.59 Å². The van der Waals surface area contributed by atoms with Crippen molar-refractivity contribution in [1.82, 2.24) is 20.6 Å². The summed E-state index contributed by atoms with van der Waals surface area (Å²) in [5, 5.41) is 8.25. The Balaban J connectivity index is 0.00000506. The first kappa shape index (κ1) is 34.2. The van der Waals surface area contributed by atoms with Crippen molar-refractivity contribution in [2.75, 3.05) is 13.1 Å². The van der Waals surface area contributed by atoms with Crippen LogP contribution in [0.5, 0.6) is 0 Å². The number of carbonyl (C=O) groups is 2. The number of carbonyl (C=O) groups excluding carboxylic acids is 2. The lowest BCUT2D eigenvalue weighted by Crippen LogP contribution is -2.42. The summed E-state index contributed by atoms with van der Waals surface area (Å²) in [7, 11) is 0. The van der Waals surface area contributed by atoms with Crippen LogP contribution in [0.4, 0.5) is 0 Å². The van der Waals surface area contributed by atoms with E-state index in [1.54, 1.807) is 0 Å². The van der Waals surface area contributed by atoms with Gasteiger partial charge in [0, 0.05) is 47.3 Å². The number of H-pyrrole nitrogens is 2. The van der Waals surface area contributed by atoms with Gasteiger partial charge in [-0.15, -0.1) is 12.4 Å². The second-order valence-corrected chi connectivity index (χ2v) is 11.5. The van der Waals surface area contributed by atoms with Crippen LogP contribution in [0.25, 0.3) is 21.8 Å². The van der Waals surface area contributed by atoms with E-state index in [4.69, 9.17) is 11.5 Å². The Labute approximate surface area is 261 Å². The van der Waals surface area contributed by atoms with Crippen LogP contribution in [-0.4, -0.2) is 47.0 Å². The maximum Gasteiger partial charge on any atom is 0.237 e. The van der Waals surface area contributed by atoms with Gasteiger partial charge in [0.05, 0.1) is 12.1 Å². The molecule has 0 radical (unpaired) electrons. The molecule has 8 nitrogen and oxygen atoms in total. The van der Waals surface area contributed by atoms with Gasteiger partial charge in [0.1, 0.15) is 0 Å². The molecule has 4 rings (SSSR count). The molecular weight excluding hydrogens is 560 g/mol. The van der Waals surface area contributed by atoms with Crippen LogP contribution in [-0.2, 0) is 22.4 Å². The number of fused-ring (bicyclic) bond motifs is 2. The second kappa shape index (κ2) is 18.4. The van der Waals surface area contributed by atoms with Gasteiger partial charge in [-0.2, -0.15) is 0 Å². The summed E-state index contributed by atoms with van der Waals surface area (Å²) in [6.07, 6.45) is 16.6. The first-order valence-corrected chi connectivity index (χ1v) is 15.7. The fraction of sp³-hybridized carbons (Fsp3) is 0.471.